The molecule has 7 nitrogen and oxygen atoms in total. The highest BCUT2D eigenvalue weighted by atomic mass is 19.1. The lowest BCUT2D eigenvalue weighted by atomic mass is 10.2. The zero-order chi connectivity index (χ0) is 18.8. The van der Waals surface area contributed by atoms with Crippen molar-refractivity contribution < 1.29 is 13.9 Å². The maximum atomic E-state index is 13.9. The summed E-state index contributed by atoms with van der Waals surface area (Å²) in [6.07, 6.45) is 5.02. The van der Waals surface area contributed by atoms with Crippen LogP contribution in [0.15, 0.2) is 48.9 Å². The molecule has 0 unspecified atom stereocenters. The zero-order valence-electron chi connectivity index (χ0n) is 14.2. The lowest BCUT2D eigenvalue weighted by Crippen LogP contribution is -2.05. The van der Waals surface area contributed by atoms with Crippen molar-refractivity contribution in [3.8, 4) is 0 Å². The second-order valence-electron chi connectivity index (χ2n) is 5.98. The Labute approximate surface area is 152 Å². The number of hydrogen-bond acceptors (Lipinski definition) is 5. The molecule has 138 valence electrons. The molecule has 0 aliphatic carbocycles. The number of aliphatic hydroxyl groups is 1. The normalized spacial score (nSPS) is 11.2. The van der Waals surface area contributed by atoms with Crippen molar-refractivity contribution >= 4 is 22.5 Å². The lowest BCUT2D eigenvalue weighted by molar-refractivity contribution is 0.269. The first kappa shape index (κ1) is 17.1. The van der Waals surface area contributed by atoms with Gasteiger partial charge in [-0.25, -0.2) is 13.8 Å². The van der Waals surface area contributed by atoms with Crippen LogP contribution in [0, 0.1) is 11.6 Å². The van der Waals surface area contributed by atoms with E-state index < -0.39 is 11.6 Å². The molecule has 0 amide bonds. The number of aromatic nitrogens is 5. The summed E-state index contributed by atoms with van der Waals surface area (Å²) >= 11 is 0. The van der Waals surface area contributed by atoms with Crippen molar-refractivity contribution in [1.82, 2.24) is 24.5 Å². The SMILES string of the molecule is OCCn1ccc(Nc2cc3c(cn2)cnn3Cc2cc(F)ccc2F)n1. The molecule has 0 radical (unpaired) electrons. The van der Waals surface area contributed by atoms with Crippen LogP contribution in [0.1, 0.15) is 5.56 Å². The highest BCUT2D eigenvalue weighted by molar-refractivity contribution is 5.80. The molecule has 0 fully saturated rings. The molecule has 27 heavy (non-hydrogen) atoms. The van der Waals surface area contributed by atoms with E-state index in [0.29, 0.717) is 18.2 Å². The zero-order valence-corrected chi connectivity index (χ0v) is 14.2. The molecule has 3 heterocycles. The molecule has 1 aromatic carbocycles. The van der Waals surface area contributed by atoms with Gasteiger partial charge in [0.25, 0.3) is 0 Å². The van der Waals surface area contributed by atoms with E-state index >= 15 is 0 Å². The Kier molecular flexibility index (Phi) is 4.51. The van der Waals surface area contributed by atoms with Crippen LogP contribution in [0.3, 0.4) is 0 Å². The van der Waals surface area contributed by atoms with Crippen LogP contribution < -0.4 is 5.32 Å². The molecular weight excluding hydrogens is 354 g/mol. The third-order valence-electron chi connectivity index (χ3n) is 4.08. The minimum absolute atomic E-state index is 0.00114. The van der Waals surface area contributed by atoms with Crippen molar-refractivity contribution in [3.63, 3.8) is 0 Å². The predicted octanol–water partition coefficient (Wildman–Crippen LogP) is 2.69. The van der Waals surface area contributed by atoms with Crippen molar-refractivity contribution in [1.29, 1.82) is 0 Å². The van der Waals surface area contributed by atoms with Gasteiger partial charge in [0.15, 0.2) is 5.82 Å². The van der Waals surface area contributed by atoms with Crippen LogP contribution in [-0.4, -0.2) is 36.3 Å². The molecule has 0 saturated heterocycles. The quantitative estimate of drug-likeness (QED) is 0.545. The number of pyridine rings is 1. The van der Waals surface area contributed by atoms with E-state index in [2.05, 4.69) is 20.5 Å². The number of nitrogens with one attached hydrogen (secondary N) is 1. The summed E-state index contributed by atoms with van der Waals surface area (Å²) in [6.45, 7) is 0.503. The third-order valence-corrected chi connectivity index (χ3v) is 4.08. The summed E-state index contributed by atoms with van der Waals surface area (Å²) < 4.78 is 30.5. The van der Waals surface area contributed by atoms with Crippen LogP contribution >= 0.6 is 0 Å². The van der Waals surface area contributed by atoms with Gasteiger partial charge >= 0.3 is 0 Å². The minimum Gasteiger partial charge on any atom is -0.394 e. The number of fused-ring (bicyclic) bond motifs is 1. The summed E-state index contributed by atoms with van der Waals surface area (Å²) in [5.41, 5.74) is 0.944. The average Bonchev–Trinajstić information content (AvgIpc) is 3.26. The largest absolute Gasteiger partial charge is 0.394 e. The number of rotatable bonds is 6. The van der Waals surface area contributed by atoms with E-state index in [4.69, 9.17) is 5.11 Å². The Balaban J connectivity index is 1.61. The topological polar surface area (TPSA) is 80.8 Å². The standard InChI is InChI=1S/C18H16F2N6O/c19-14-1-2-15(20)12(7-14)11-26-16-8-18(21-9-13(16)10-22-26)23-17-3-4-25(24-17)5-6-27/h1-4,7-10,27H,5-6,11H2,(H,21,23,24). The molecule has 0 spiro atoms. The molecular formula is C18H16F2N6O. The van der Waals surface area contributed by atoms with Crippen LogP contribution in [0.5, 0.6) is 0 Å². The van der Waals surface area contributed by atoms with Gasteiger partial charge in [-0.2, -0.15) is 10.2 Å². The first-order valence-electron chi connectivity index (χ1n) is 8.29. The van der Waals surface area contributed by atoms with Gasteiger partial charge in [0.05, 0.1) is 31.4 Å². The first-order valence-corrected chi connectivity index (χ1v) is 8.29. The second-order valence-corrected chi connectivity index (χ2v) is 5.98. The Hall–Kier alpha value is -3.33. The smallest absolute Gasteiger partial charge is 0.153 e. The molecule has 9 heteroatoms. The molecule has 0 aliphatic rings. The number of hydrogen-bond donors (Lipinski definition) is 2. The van der Waals surface area contributed by atoms with Crippen LogP contribution in [-0.2, 0) is 13.1 Å². The minimum atomic E-state index is -0.495. The second kappa shape index (κ2) is 7.12. The fraction of sp³-hybridized carbons (Fsp3) is 0.167. The maximum absolute atomic E-state index is 13.9. The Morgan fingerprint density at radius 3 is 2.81 bits per heavy atom. The van der Waals surface area contributed by atoms with Gasteiger partial charge in [-0.3, -0.25) is 9.36 Å². The highest BCUT2D eigenvalue weighted by Crippen LogP contribution is 2.21. The fourth-order valence-electron chi connectivity index (χ4n) is 2.78. The molecule has 0 bridgehead atoms. The van der Waals surface area contributed by atoms with E-state index in [-0.39, 0.29) is 18.7 Å². The number of halogens is 2. The summed E-state index contributed by atoms with van der Waals surface area (Å²) in [4.78, 5) is 4.31. The number of nitrogens with zero attached hydrogens (tertiary/aromatic N) is 5. The average molecular weight is 370 g/mol. The Morgan fingerprint density at radius 1 is 1.07 bits per heavy atom. The summed E-state index contributed by atoms with van der Waals surface area (Å²) in [7, 11) is 0. The molecule has 3 aromatic heterocycles. The van der Waals surface area contributed by atoms with E-state index in [1.165, 1.54) is 0 Å². The third kappa shape index (κ3) is 3.63. The first-order chi connectivity index (χ1) is 13.1. The monoisotopic (exact) mass is 370 g/mol. The van der Waals surface area contributed by atoms with Gasteiger partial charge in [0.1, 0.15) is 17.5 Å². The van der Waals surface area contributed by atoms with E-state index in [1.807, 2.05) is 0 Å². The van der Waals surface area contributed by atoms with Crippen molar-refractivity contribution in [2.45, 2.75) is 13.1 Å². The van der Waals surface area contributed by atoms with Gasteiger partial charge in [0.2, 0.25) is 0 Å². The van der Waals surface area contributed by atoms with Crippen molar-refractivity contribution in [2.75, 3.05) is 11.9 Å². The fourth-order valence-corrected chi connectivity index (χ4v) is 2.78. The number of aliphatic hydroxyl groups excluding tert-OH is 1. The predicted molar refractivity (Wildman–Crippen MR) is 95.6 cm³/mol. The molecule has 0 saturated carbocycles. The molecule has 0 aliphatic heterocycles. The van der Waals surface area contributed by atoms with Gasteiger partial charge < -0.3 is 10.4 Å². The van der Waals surface area contributed by atoms with E-state index in [9.17, 15) is 8.78 Å². The summed E-state index contributed by atoms with van der Waals surface area (Å²) in [5, 5.41) is 21.3. The number of anilines is 2. The van der Waals surface area contributed by atoms with Crippen molar-refractivity contribution in [3.05, 3.63) is 66.1 Å². The van der Waals surface area contributed by atoms with Crippen LogP contribution in [0.4, 0.5) is 20.4 Å². The van der Waals surface area contributed by atoms with Gasteiger partial charge in [0, 0.05) is 35.5 Å². The maximum Gasteiger partial charge on any atom is 0.153 e. The summed E-state index contributed by atoms with van der Waals surface area (Å²) in [5.74, 6) is 0.142. The van der Waals surface area contributed by atoms with E-state index in [1.54, 1.807) is 40.1 Å². The molecule has 4 aromatic rings. The van der Waals surface area contributed by atoms with Crippen LogP contribution in [0.2, 0.25) is 0 Å². The highest BCUT2D eigenvalue weighted by Gasteiger charge is 2.10. The Morgan fingerprint density at radius 2 is 1.96 bits per heavy atom. The lowest BCUT2D eigenvalue weighted by Gasteiger charge is -2.07. The van der Waals surface area contributed by atoms with Gasteiger partial charge in [-0.15, -0.1) is 0 Å². The van der Waals surface area contributed by atoms with Gasteiger partial charge in [-0.05, 0) is 18.2 Å². The summed E-state index contributed by atoms with van der Waals surface area (Å²) in [6, 6.07) is 6.89. The van der Waals surface area contributed by atoms with Crippen molar-refractivity contribution in [2.24, 2.45) is 0 Å². The Bertz CT molecular complexity index is 1090. The van der Waals surface area contributed by atoms with E-state index in [0.717, 1.165) is 29.1 Å². The van der Waals surface area contributed by atoms with Crippen LogP contribution in [0.25, 0.3) is 10.9 Å². The van der Waals surface area contributed by atoms with Gasteiger partial charge in [-0.1, -0.05) is 0 Å². The number of benzene rings is 1. The molecule has 4 rings (SSSR count). The molecule has 2 N–H and O–H groups in total. The molecule has 0 atom stereocenters.